The van der Waals surface area contributed by atoms with Gasteiger partial charge < -0.3 is 10.1 Å². The summed E-state index contributed by atoms with van der Waals surface area (Å²) in [4.78, 5) is 11.1. The van der Waals surface area contributed by atoms with Crippen molar-refractivity contribution in [1.29, 1.82) is 0 Å². The fourth-order valence-electron chi connectivity index (χ4n) is 4.07. The van der Waals surface area contributed by atoms with E-state index in [0.717, 1.165) is 44.8 Å². The van der Waals surface area contributed by atoms with Crippen LogP contribution >= 0.6 is 0 Å². The monoisotopic (exact) mass is 338 g/mol. The lowest BCUT2D eigenvalue weighted by Gasteiger charge is -2.39. The Morgan fingerprint density at radius 1 is 1.20 bits per heavy atom. The van der Waals surface area contributed by atoms with Gasteiger partial charge in [-0.15, -0.1) is 0 Å². The van der Waals surface area contributed by atoms with Crippen LogP contribution in [-0.4, -0.2) is 46.2 Å². The van der Waals surface area contributed by atoms with Crippen LogP contribution in [0.15, 0.2) is 48.9 Å². The van der Waals surface area contributed by atoms with Crippen molar-refractivity contribution >= 4 is 5.82 Å². The number of nitrogens with zero attached hydrogens (tertiary/aromatic N) is 3. The highest BCUT2D eigenvalue weighted by Gasteiger charge is 2.42. The van der Waals surface area contributed by atoms with E-state index < -0.39 is 0 Å². The zero-order chi connectivity index (χ0) is 17.0. The number of rotatable bonds is 5. The van der Waals surface area contributed by atoms with Gasteiger partial charge in [0.15, 0.2) is 0 Å². The summed E-state index contributed by atoms with van der Waals surface area (Å²) < 4.78 is 6.58. The topological polar surface area (TPSA) is 50.3 Å². The minimum Gasteiger partial charge on any atom is -0.369 e. The van der Waals surface area contributed by atoms with E-state index in [2.05, 4.69) is 26.3 Å². The standard InChI is InChI=1S/C20H26N4O/c1-2-11-22-19(7-1)23-14-18-6-3-8-20(25-18)9-12-24(16-20)15-17-5-4-10-21-13-17/h1-2,4-5,7,10-11,13,18H,3,6,8-9,12,14-16H2,(H,22,23)/t18-,20-/m1/s1. The van der Waals surface area contributed by atoms with Gasteiger partial charge in [-0.2, -0.15) is 0 Å². The molecule has 5 nitrogen and oxygen atoms in total. The zero-order valence-corrected chi connectivity index (χ0v) is 14.6. The number of ether oxygens (including phenoxy) is 1. The van der Waals surface area contributed by atoms with Crippen LogP contribution < -0.4 is 5.32 Å². The van der Waals surface area contributed by atoms with Crippen molar-refractivity contribution in [1.82, 2.24) is 14.9 Å². The van der Waals surface area contributed by atoms with E-state index >= 15 is 0 Å². The quantitative estimate of drug-likeness (QED) is 0.908. The number of likely N-dealkylation sites (tertiary alicyclic amines) is 1. The van der Waals surface area contributed by atoms with Gasteiger partial charge in [0.25, 0.3) is 0 Å². The summed E-state index contributed by atoms with van der Waals surface area (Å²) >= 11 is 0. The Kier molecular flexibility index (Phi) is 4.95. The van der Waals surface area contributed by atoms with Crippen LogP contribution in [0.25, 0.3) is 0 Å². The van der Waals surface area contributed by atoms with Crippen LogP contribution in [0, 0.1) is 0 Å². The van der Waals surface area contributed by atoms with E-state index in [1.165, 1.54) is 18.4 Å². The Morgan fingerprint density at radius 2 is 2.20 bits per heavy atom. The third-order valence-corrected chi connectivity index (χ3v) is 5.28. The van der Waals surface area contributed by atoms with E-state index in [1.54, 1.807) is 0 Å². The summed E-state index contributed by atoms with van der Waals surface area (Å²) in [6, 6.07) is 10.1. The van der Waals surface area contributed by atoms with Crippen LogP contribution in [0.1, 0.15) is 31.2 Å². The largest absolute Gasteiger partial charge is 0.369 e. The molecule has 0 aromatic carbocycles. The second-order valence-electron chi connectivity index (χ2n) is 7.23. The number of aromatic nitrogens is 2. The van der Waals surface area contributed by atoms with E-state index in [0.29, 0.717) is 0 Å². The number of anilines is 1. The Morgan fingerprint density at radius 3 is 3.04 bits per heavy atom. The minimum absolute atomic E-state index is 0.0386. The molecule has 2 atom stereocenters. The molecule has 0 unspecified atom stereocenters. The Bertz CT molecular complexity index is 666. The molecule has 1 spiro atoms. The lowest BCUT2D eigenvalue weighted by Crippen LogP contribution is -2.45. The zero-order valence-electron chi connectivity index (χ0n) is 14.6. The third-order valence-electron chi connectivity index (χ3n) is 5.28. The number of hydrogen-bond acceptors (Lipinski definition) is 5. The highest BCUT2D eigenvalue weighted by atomic mass is 16.5. The molecule has 0 amide bonds. The molecular formula is C20H26N4O. The molecule has 0 saturated carbocycles. The van der Waals surface area contributed by atoms with Gasteiger partial charge in [0.05, 0.1) is 11.7 Å². The molecule has 0 aliphatic carbocycles. The Labute approximate surface area is 149 Å². The van der Waals surface area contributed by atoms with Crippen LogP contribution in [-0.2, 0) is 11.3 Å². The molecule has 4 rings (SSSR count). The molecule has 1 N–H and O–H groups in total. The second kappa shape index (κ2) is 7.50. The molecule has 4 heterocycles. The molecular weight excluding hydrogens is 312 g/mol. The Hall–Kier alpha value is -1.98. The predicted molar refractivity (Wildman–Crippen MR) is 98.3 cm³/mol. The maximum Gasteiger partial charge on any atom is 0.125 e. The molecule has 5 heteroatoms. The first-order valence-electron chi connectivity index (χ1n) is 9.25. The summed E-state index contributed by atoms with van der Waals surface area (Å²) in [5, 5.41) is 3.41. The van der Waals surface area contributed by atoms with Gasteiger partial charge in [0, 0.05) is 44.8 Å². The predicted octanol–water partition coefficient (Wildman–Crippen LogP) is 3.10. The van der Waals surface area contributed by atoms with Crippen LogP contribution in [0.5, 0.6) is 0 Å². The summed E-state index contributed by atoms with van der Waals surface area (Å²) in [6.07, 6.45) is 10.6. The van der Waals surface area contributed by atoms with Gasteiger partial charge in [0.2, 0.25) is 0 Å². The average Bonchev–Trinajstić information content (AvgIpc) is 3.03. The van der Waals surface area contributed by atoms with Gasteiger partial charge in [-0.3, -0.25) is 9.88 Å². The summed E-state index contributed by atoms with van der Waals surface area (Å²) in [5.74, 6) is 0.926. The maximum absolute atomic E-state index is 6.58. The highest BCUT2D eigenvalue weighted by Crippen LogP contribution is 2.37. The molecule has 132 valence electrons. The van der Waals surface area contributed by atoms with Crippen molar-refractivity contribution in [2.45, 2.75) is 43.9 Å². The van der Waals surface area contributed by atoms with Gasteiger partial charge in [0.1, 0.15) is 5.82 Å². The van der Waals surface area contributed by atoms with E-state index in [4.69, 9.17) is 4.74 Å². The van der Waals surface area contributed by atoms with Crippen LogP contribution in [0.2, 0.25) is 0 Å². The fourth-order valence-corrected chi connectivity index (χ4v) is 4.07. The van der Waals surface area contributed by atoms with E-state index in [-0.39, 0.29) is 11.7 Å². The first-order valence-corrected chi connectivity index (χ1v) is 9.25. The van der Waals surface area contributed by atoms with Crippen molar-refractivity contribution in [2.24, 2.45) is 0 Å². The molecule has 2 saturated heterocycles. The average molecular weight is 338 g/mol. The molecule has 2 aromatic rings. The van der Waals surface area contributed by atoms with Crippen molar-refractivity contribution in [2.75, 3.05) is 25.0 Å². The van der Waals surface area contributed by atoms with Crippen molar-refractivity contribution < 1.29 is 4.74 Å². The Balaban J connectivity index is 1.31. The van der Waals surface area contributed by atoms with E-state index in [9.17, 15) is 0 Å². The van der Waals surface area contributed by atoms with Crippen molar-refractivity contribution in [3.8, 4) is 0 Å². The highest BCUT2D eigenvalue weighted by molar-refractivity contribution is 5.33. The van der Waals surface area contributed by atoms with Crippen LogP contribution in [0.3, 0.4) is 0 Å². The fraction of sp³-hybridized carbons (Fsp3) is 0.500. The smallest absolute Gasteiger partial charge is 0.125 e. The SMILES string of the molecule is c1ccc(NC[C@H]2CCC[C@]3(CCN(Cc4cccnc4)C3)O2)nc1. The molecule has 0 bridgehead atoms. The molecule has 2 aromatic heterocycles. The van der Waals surface area contributed by atoms with Gasteiger partial charge in [-0.25, -0.2) is 4.98 Å². The summed E-state index contributed by atoms with van der Waals surface area (Å²) in [6.45, 7) is 3.94. The van der Waals surface area contributed by atoms with Crippen molar-refractivity contribution in [3.63, 3.8) is 0 Å². The van der Waals surface area contributed by atoms with Crippen LogP contribution in [0.4, 0.5) is 5.82 Å². The molecule has 2 aliphatic heterocycles. The maximum atomic E-state index is 6.58. The first kappa shape index (κ1) is 16.5. The third kappa shape index (κ3) is 4.17. The van der Waals surface area contributed by atoms with Gasteiger partial charge in [-0.1, -0.05) is 12.1 Å². The molecule has 2 fully saturated rings. The van der Waals surface area contributed by atoms with Gasteiger partial charge in [-0.05, 0) is 49.4 Å². The molecule has 2 aliphatic rings. The first-order chi connectivity index (χ1) is 12.3. The second-order valence-corrected chi connectivity index (χ2v) is 7.23. The number of nitrogens with one attached hydrogen (secondary N) is 1. The molecule has 0 radical (unpaired) electrons. The lowest BCUT2D eigenvalue weighted by molar-refractivity contribution is -0.115. The number of pyridine rings is 2. The normalized spacial score (nSPS) is 26.8. The number of hydrogen-bond donors (Lipinski definition) is 1. The van der Waals surface area contributed by atoms with Crippen molar-refractivity contribution in [3.05, 3.63) is 54.5 Å². The molecule has 25 heavy (non-hydrogen) atoms. The lowest BCUT2D eigenvalue weighted by atomic mass is 9.90. The summed E-state index contributed by atoms with van der Waals surface area (Å²) in [5.41, 5.74) is 1.32. The van der Waals surface area contributed by atoms with E-state index in [1.807, 2.05) is 42.9 Å². The minimum atomic E-state index is 0.0386. The van der Waals surface area contributed by atoms with Gasteiger partial charge >= 0.3 is 0 Å². The summed E-state index contributed by atoms with van der Waals surface area (Å²) in [7, 11) is 0.